The van der Waals surface area contributed by atoms with Gasteiger partial charge >= 0.3 is 0 Å². The maximum Gasteiger partial charge on any atom is 0.141 e. The third-order valence-electron chi connectivity index (χ3n) is 3.20. The summed E-state index contributed by atoms with van der Waals surface area (Å²) in [5.41, 5.74) is 8.48. The number of rotatable bonds is 3. The largest absolute Gasteiger partial charge is 0.319 e. The van der Waals surface area contributed by atoms with Crippen molar-refractivity contribution >= 4 is 11.6 Å². The molecule has 21 heavy (non-hydrogen) atoms. The molecule has 2 N–H and O–H groups in total. The first-order valence-electron chi connectivity index (χ1n) is 6.33. The summed E-state index contributed by atoms with van der Waals surface area (Å²) in [5, 5.41) is 8.01. The van der Waals surface area contributed by atoms with Gasteiger partial charge in [0.05, 0.1) is 28.6 Å². The normalized spacial score (nSPS) is 12.3. The molecule has 6 heteroatoms. The highest BCUT2D eigenvalue weighted by molar-refractivity contribution is 6.30. The van der Waals surface area contributed by atoms with Gasteiger partial charge in [0.1, 0.15) is 5.82 Å². The van der Waals surface area contributed by atoms with Crippen LogP contribution in [0.5, 0.6) is 0 Å². The first-order chi connectivity index (χ1) is 10.2. The predicted octanol–water partition coefficient (Wildman–Crippen LogP) is 3.11. The van der Waals surface area contributed by atoms with Crippen molar-refractivity contribution in [1.29, 1.82) is 0 Å². The quantitative estimate of drug-likeness (QED) is 0.809. The van der Waals surface area contributed by atoms with E-state index in [9.17, 15) is 4.39 Å². The molecule has 2 aromatic carbocycles. The summed E-state index contributed by atoms with van der Waals surface area (Å²) in [7, 11) is 0. The molecule has 106 valence electrons. The van der Waals surface area contributed by atoms with Gasteiger partial charge in [0.2, 0.25) is 0 Å². The fourth-order valence-electron chi connectivity index (χ4n) is 2.10. The van der Waals surface area contributed by atoms with Gasteiger partial charge in [0.25, 0.3) is 0 Å². The fourth-order valence-corrected chi connectivity index (χ4v) is 2.29. The summed E-state index contributed by atoms with van der Waals surface area (Å²) in [6.45, 7) is 0. The van der Waals surface area contributed by atoms with Crippen molar-refractivity contribution in [1.82, 2.24) is 15.0 Å². The van der Waals surface area contributed by atoms with Crippen molar-refractivity contribution in [3.8, 4) is 5.69 Å². The molecule has 0 bridgehead atoms. The molecule has 4 nitrogen and oxygen atoms in total. The Morgan fingerprint density at radius 2 is 1.90 bits per heavy atom. The molecule has 3 rings (SSSR count). The first-order valence-corrected chi connectivity index (χ1v) is 6.71. The Bertz CT molecular complexity index is 757. The third-order valence-corrected chi connectivity index (χ3v) is 3.49. The summed E-state index contributed by atoms with van der Waals surface area (Å²) < 4.78 is 14.9. The summed E-state index contributed by atoms with van der Waals surface area (Å²) >= 11 is 5.81. The lowest BCUT2D eigenvalue weighted by atomic mass is 10.0. The van der Waals surface area contributed by atoms with Crippen molar-refractivity contribution in [3.05, 3.63) is 76.8 Å². The SMILES string of the molecule is NC(c1ccc(F)c(Cl)c1)c1cnnn1-c1ccccc1. The van der Waals surface area contributed by atoms with Crippen molar-refractivity contribution in [2.24, 2.45) is 5.73 Å². The first kappa shape index (κ1) is 13.7. The van der Waals surface area contributed by atoms with Crippen LogP contribution in [0.3, 0.4) is 0 Å². The van der Waals surface area contributed by atoms with Crippen LogP contribution in [-0.4, -0.2) is 15.0 Å². The van der Waals surface area contributed by atoms with Crippen molar-refractivity contribution in [2.45, 2.75) is 6.04 Å². The number of nitrogens with two attached hydrogens (primary N) is 1. The van der Waals surface area contributed by atoms with E-state index in [4.69, 9.17) is 17.3 Å². The van der Waals surface area contributed by atoms with Gasteiger partial charge in [0, 0.05) is 0 Å². The second kappa shape index (κ2) is 5.63. The van der Waals surface area contributed by atoms with Gasteiger partial charge in [0.15, 0.2) is 0 Å². The smallest absolute Gasteiger partial charge is 0.141 e. The highest BCUT2D eigenvalue weighted by Crippen LogP contribution is 2.25. The van der Waals surface area contributed by atoms with Gasteiger partial charge < -0.3 is 5.73 Å². The van der Waals surface area contributed by atoms with E-state index in [-0.39, 0.29) is 5.02 Å². The van der Waals surface area contributed by atoms with E-state index in [2.05, 4.69) is 10.3 Å². The summed E-state index contributed by atoms with van der Waals surface area (Å²) in [5.74, 6) is -0.470. The number of aromatic nitrogens is 3. The molecule has 0 aliphatic heterocycles. The van der Waals surface area contributed by atoms with Crippen LogP contribution in [0.1, 0.15) is 17.3 Å². The topological polar surface area (TPSA) is 56.7 Å². The molecule has 0 saturated carbocycles. The summed E-state index contributed by atoms with van der Waals surface area (Å²) in [4.78, 5) is 0. The molecule has 0 aliphatic rings. The zero-order valence-corrected chi connectivity index (χ0v) is 11.7. The monoisotopic (exact) mass is 302 g/mol. The van der Waals surface area contributed by atoms with Crippen LogP contribution in [0.15, 0.2) is 54.7 Å². The maximum absolute atomic E-state index is 13.2. The Labute approximate surface area is 126 Å². The molecule has 0 fully saturated rings. The average molecular weight is 303 g/mol. The minimum Gasteiger partial charge on any atom is -0.319 e. The van der Waals surface area contributed by atoms with Gasteiger partial charge in [-0.2, -0.15) is 0 Å². The van der Waals surface area contributed by atoms with Crippen LogP contribution in [0, 0.1) is 5.82 Å². The highest BCUT2D eigenvalue weighted by atomic mass is 35.5. The second-order valence-corrected chi connectivity index (χ2v) is 4.96. The molecule has 0 spiro atoms. The molecule has 0 aliphatic carbocycles. The minimum absolute atomic E-state index is 0.0432. The summed E-state index contributed by atoms with van der Waals surface area (Å²) in [6, 6.07) is 13.5. The number of halogens is 2. The van der Waals surface area contributed by atoms with Gasteiger partial charge in [-0.05, 0) is 29.8 Å². The molecule has 1 heterocycles. The van der Waals surface area contributed by atoms with Crippen molar-refractivity contribution < 1.29 is 4.39 Å². The van der Waals surface area contributed by atoms with E-state index < -0.39 is 11.9 Å². The van der Waals surface area contributed by atoms with Crippen LogP contribution in [0.4, 0.5) is 4.39 Å². The molecule has 1 aromatic heterocycles. The highest BCUT2D eigenvalue weighted by Gasteiger charge is 2.17. The molecular formula is C15H12ClFN4. The number of hydrogen-bond donors (Lipinski definition) is 1. The number of nitrogens with zero attached hydrogens (tertiary/aromatic N) is 3. The lowest BCUT2D eigenvalue weighted by molar-refractivity contribution is 0.626. The zero-order valence-electron chi connectivity index (χ0n) is 10.9. The molecule has 1 atom stereocenters. The Hall–Kier alpha value is -2.24. The van der Waals surface area contributed by atoms with Gasteiger partial charge in [-0.25, -0.2) is 9.07 Å². The van der Waals surface area contributed by atoms with Crippen molar-refractivity contribution in [3.63, 3.8) is 0 Å². The Morgan fingerprint density at radius 1 is 1.14 bits per heavy atom. The Morgan fingerprint density at radius 3 is 2.62 bits per heavy atom. The van der Waals surface area contributed by atoms with E-state index in [0.717, 1.165) is 5.69 Å². The van der Waals surface area contributed by atoms with E-state index in [0.29, 0.717) is 11.3 Å². The molecular weight excluding hydrogens is 291 g/mol. The van der Waals surface area contributed by atoms with E-state index in [1.165, 1.54) is 12.1 Å². The van der Waals surface area contributed by atoms with Crippen LogP contribution < -0.4 is 5.73 Å². The fraction of sp³-hybridized carbons (Fsp3) is 0.0667. The lowest BCUT2D eigenvalue weighted by Gasteiger charge is -2.14. The number of hydrogen-bond acceptors (Lipinski definition) is 3. The molecule has 0 amide bonds. The van der Waals surface area contributed by atoms with Crippen LogP contribution in [0.2, 0.25) is 5.02 Å². The number of benzene rings is 2. The lowest BCUT2D eigenvalue weighted by Crippen LogP contribution is -2.16. The van der Waals surface area contributed by atoms with E-state index in [1.54, 1.807) is 16.9 Å². The summed E-state index contributed by atoms with van der Waals surface area (Å²) in [6.07, 6.45) is 1.59. The standard InChI is InChI=1S/C15H12ClFN4/c16-12-8-10(6-7-13(12)17)15(18)14-9-19-20-21(14)11-4-2-1-3-5-11/h1-9,15H,18H2. The van der Waals surface area contributed by atoms with Gasteiger partial charge in [-0.1, -0.05) is 41.1 Å². The molecule has 3 aromatic rings. The number of para-hydroxylation sites is 1. The van der Waals surface area contributed by atoms with Crippen LogP contribution in [-0.2, 0) is 0 Å². The molecule has 0 radical (unpaired) electrons. The van der Waals surface area contributed by atoms with Gasteiger partial charge in [-0.3, -0.25) is 0 Å². The van der Waals surface area contributed by atoms with Crippen LogP contribution in [0.25, 0.3) is 5.69 Å². The maximum atomic E-state index is 13.2. The van der Waals surface area contributed by atoms with Gasteiger partial charge in [-0.15, -0.1) is 5.10 Å². The van der Waals surface area contributed by atoms with Crippen LogP contribution >= 0.6 is 11.6 Å². The van der Waals surface area contributed by atoms with Crippen molar-refractivity contribution in [2.75, 3.05) is 0 Å². The average Bonchev–Trinajstić information content (AvgIpc) is 2.99. The molecule has 0 saturated heterocycles. The Balaban J connectivity index is 2.01. The molecule has 1 unspecified atom stereocenters. The zero-order chi connectivity index (χ0) is 14.8. The second-order valence-electron chi connectivity index (χ2n) is 4.56. The van der Waals surface area contributed by atoms with E-state index in [1.807, 2.05) is 30.3 Å². The predicted molar refractivity (Wildman–Crippen MR) is 78.8 cm³/mol. The minimum atomic E-state index is -0.502. The van der Waals surface area contributed by atoms with E-state index >= 15 is 0 Å². The third kappa shape index (κ3) is 2.66. The Kier molecular flexibility index (Phi) is 3.68.